The number of benzene rings is 2. The van der Waals surface area contributed by atoms with Gasteiger partial charge in [-0.25, -0.2) is 0 Å². The van der Waals surface area contributed by atoms with E-state index in [2.05, 4.69) is 18.3 Å². The Morgan fingerprint density at radius 2 is 1.95 bits per heavy atom. The molecule has 2 aromatic carbocycles. The lowest BCUT2D eigenvalue weighted by Gasteiger charge is -2.11. The van der Waals surface area contributed by atoms with E-state index in [0.29, 0.717) is 11.6 Å². The molecule has 0 radical (unpaired) electrons. The maximum Gasteiger partial charge on any atom is 0.121 e. The molecule has 21 heavy (non-hydrogen) atoms. The first-order valence-corrected chi connectivity index (χ1v) is 7.40. The first-order chi connectivity index (χ1) is 10.2. The SMILES string of the molecule is CCCOc1cccc(CNc2cc(OC)ccc2Cl)c1. The summed E-state index contributed by atoms with van der Waals surface area (Å²) in [5.41, 5.74) is 2.00. The van der Waals surface area contributed by atoms with Gasteiger partial charge in [-0.15, -0.1) is 0 Å². The summed E-state index contributed by atoms with van der Waals surface area (Å²) in [5.74, 6) is 1.68. The molecule has 0 aliphatic rings. The fraction of sp³-hybridized carbons (Fsp3) is 0.294. The summed E-state index contributed by atoms with van der Waals surface area (Å²) in [5, 5.41) is 3.99. The van der Waals surface area contributed by atoms with E-state index in [-0.39, 0.29) is 0 Å². The number of halogens is 1. The maximum atomic E-state index is 6.18. The summed E-state index contributed by atoms with van der Waals surface area (Å²) < 4.78 is 10.8. The van der Waals surface area contributed by atoms with Crippen molar-refractivity contribution in [2.24, 2.45) is 0 Å². The molecule has 0 amide bonds. The van der Waals surface area contributed by atoms with Crippen LogP contribution in [0.2, 0.25) is 5.02 Å². The minimum absolute atomic E-state index is 0.675. The molecule has 3 nitrogen and oxygen atoms in total. The Balaban J connectivity index is 2.02. The molecule has 0 bridgehead atoms. The van der Waals surface area contributed by atoms with Crippen LogP contribution in [0.4, 0.5) is 5.69 Å². The van der Waals surface area contributed by atoms with Crippen LogP contribution in [0.1, 0.15) is 18.9 Å². The van der Waals surface area contributed by atoms with E-state index in [9.17, 15) is 0 Å². The van der Waals surface area contributed by atoms with Gasteiger partial charge < -0.3 is 14.8 Å². The average Bonchev–Trinajstić information content (AvgIpc) is 2.52. The number of anilines is 1. The van der Waals surface area contributed by atoms with Crippen molar-refractivity contribution in [2.45, 2.75) is 19.9 Å². The van der Waals surface area contributed by atoms with Crippen LogP contribution in [0.15, 0.2) is 42.5 Å². The van der Waals surface area contributed by atoms with Gasteiger partial charge in [-0.2, -0.15) is 0 Å². The van der Waals surface area contributed by atoms with Gasteiger partial charge >= 0.3 is 0 Å². The minimum Gasteiger partial charge on any atom is -0.497 e. The summed E-state index contributed by atoms with van der Waals surface area (Å²) >= 11 is 6.18. The Morgan fingerprint density at radius 3 is 2.71 bits per heavy atom. The molecule has 2 aromatic rings. The fourth-order valence-electron chi connectivity index (χ4n) is 1.93. The van der Waals surface area contributed by atoms with E-state index in [1.165, 1.54) is 0 Å². The second-order valence-corrected chi connectivity index (χ2v) is 5.10. The van der Waals surface area contributed by atoms with Crippen molar-refractivity contribution in [3.63, 3.8) is 0 Å². The first-order valence-electron chi connectivity index (χ1n) is 7.02. The molecule has 112 valence electrons. The van der Waals surface area contributed by atoms with Crippen molar-refractivity contribution < 1.29 is 9.47 Å². The van der Waals surface area contributed by atoms with Crippen molar-refractivity contribution in [2.75, 3.05) is 19.0 Å². The van der Waals surface area contributed by atoms with E-state index in [0.717, 1.165) is 35.8 Å². The molecule has 1 N–H and O–H groups in total. The van der Waals surface area contributed by atoms with Gasteiger partial charge in [0.2, 0.25) is 0 Å². The normalized spacial score (nSPS) is 10.2. The smallest absolute Gasteiger partial charge is 0.121 e. The predicted molar refractivity (Wildman–Crippen MR) is 87.6 cm³/mol. The number of rotatable bonds is 7. The molecule has 0 atom stereocenters. The quantitative estimate of drug-likeness (QED) is 0.800. The molecular weight excluding hydrogens is 286 g/mol. The van der Waals surface area contributed by atoms with Gasteiger partial charge in [-0.3, -0.25) is 0 Å². The van der Waals surface area contributed by atoms with Crippen molar-refractivity contribution in [3.05, 3.63) is 53.1 Å². The molecule has 0 aromatic heterocycles. The largest absolute Gasteiger partial charge is 0.497 e. The third kappa shape index (κ3) is 4.57. The van der Waals surface area contributed by atoms with Gasteiger partial charge in [0, 0.05) is 12.6 Å². The summed E-state index contributed by atoms with van der Waals surface area (Å²) in [7, 11) is 1.64. The van der Waals surface area contributed by atoms with Crippen molar-refractivity contribution >= 4 is 17.3 Å². The zero-order valence-electron chi connectivity index (χ0n) is 12.4. The highest BCUT2D eigenvalue weighted by Crippen LogP contribution is 2.27. The molecule has 0 saturated heterocycles. The summed E-state index contributed by atoms with van der Waals surface area (Å²) in [6, 6.07) is 13.6. The van der Waals surface area contributed by atoms with Crippen molar-refractivity contribution in [3.8, 4) is 11.5 Å². The number of nitrogens with one attached hydrogen (secondary N) is 1. The lowest BCUT2D eigenvalue weighted by molar-refractivity contribution is 0.317. The van der Waals surface area contributed by atoms with Crippen LogP contribution in [0, 0.1) is 0 Å². The molecule has 2 rings (SSSR count). The Bertz CT molecular complexity index is 587. The lowest BCUT2D eigenvalue weighted by Crippen LogP contribution is -2.01. The predicted octanol–water partition coefficient (Wildman–Crippen LogP) is 4.75. The molecule has 0 fully saturated rings. The molecule has 4 heteroatoms. The van der Waals surface area contributed by atoms with Gasteiger partial charge in [-0.05, 0) is 36.2 Å². The zero-order valence-corrected chi connectivity index (χ0v) is 13.1. The first kappa shape index (κ1) is 15.5. The van der Waals surface area contributed by atoms with Crippen LogP contribution in [0.5, 0.6) is 11.5 Å². The summed E-state index contributed by atoms with van der Waals surface area (Å²) in [6.07, 6.45) is 1.00. The summed E-state index contributed by atoms with van der Waals surface area (Å²) in [4.78, 5) is 0. The molecule has 0 spiro atoms. The van der Waals surface area contributed by atoms with Crippen molar-refractivity contribution in [1.29, 1.82) is 0 Å². The molecule has 0 saturated carbocycles. The Morgan fingerprint density at radius 1 is 1.10 bits per heavy atom. The van der Waals surface area contributed by atoms with Gasteiger partial charge in [-0.1, -0.05) is 30.7 Å². The second kappa shape index (κ2) is 7.79. The lowest BCUT2D eigenvalue weighted by atomic mass is 10.2. The van der Waals surface area contributed by atoms with Crippen LogP contribution in [0.3, 0.4) is 0 Å². The van der Waals surface area contributed by atoms with Crippen LogP contribution in [0.25, 0.3) is 0 Å². The van der Waals surface area contributed by atoms with E-state index in [1.54, 1.807) is 7.11 Å². The Labute approximate surface area is 130 Å². The zero-order chi connectivity index (χ0) is 15.1. The monoisotopic (exact) mass is 305 g/mol. The number of hydrogen-bond donors (Lipinski definition) is 1. The maximum absolute atomic E-state index is 6.18. The highest BCUT2D eigenvalue weighted by Gasteiger charge is 2.03. The second-order valence-electron chi connectivity index (χ2n) is 4.70. The molecule has 0 heterocycles. The van der Waals surface area contributed by atoms with E-state index in [1.807, 2.05) is 36.4 Å². The number of hydrogen-bond acceptors (Lipinski definition) is 3. The van der Waals surface area contributed by atoms with Crippen LogP contribution in [-0.2, 0) is 6.54 Å². The molecular formula is C17H20ClNO2. The fourth-order valence-corrected chi connectivity index (χ4v) is 2.11. The van der Waals surface area contributed by atoms with E-state index in [4.69, 9.17) is 21.1 Å². The van der Waals surface area contributed by atoms with E-state index < -0.39 is 0 Å². The minimum atomic E-state index is 0.675. The van der Waals surface area contributed by atoms with Gasteiger partial charge in [0.25, 0.3) is 0 Å². The van der Waals surface area contributed by atoms with Gasteiger partial charge in [0.05, 0.1) is 24.4 Å². The van der Waals surface area contributed by atoms with Crippen LogP contribution in [-0.4, -0.2) is 13.7 Å². The Hall–Kier alpha value is -1.87. The highest BCUT2D eigenvalue weighted by molar-refractivity contribution is 6.33. The van der Waals surface area contributed by atoms with Crippen LogP contribution < -0.4 is 14.8 Å². The standard InChI is InChI=1S/C17H20ClNO2/c1-3-9-21-15-6-4-5-13(10-15)12-19-17-11-14(20-2)7-8-16(17)18/h4-8,10-11,19H,3,9,12H2,1-2H3. The Kier molecular flexibility index (Phi) is 5.76. The average molecular weight is 306 g/mol. The van der Waals surface area contributed by atoms with Crippen molar-refractivity contribution in [1.82, 2.24) is 0 Å². The molecule has 0 aliphatic carbocycles. The number of ether oxygens (including phenoxy) is 2. The topological polar surface area (TPSA) is 30.5 Å². The summed E-state index contributed by atoms with van der Waals surface area (Å²) in [6.45, 7) is 3.50. The molecule has 0 unspecified atom stereocenters. The third-order valence-electron chi connectivity index (χ3n) is 3.03. The highest BCUT2D eigenvalue weighted by atomic mass is 35.5. The van der Waals surface area contributed by atoms with E-state index >= 15 is 0 Å². The molecule has 0 aliphatic heterocycles. The third-order valence-corrected chi connectivity index (χ3v) is 3.36. The van der Waals surface area contributed by atoms with Crippen LogP contribution >= 0.6 is 11.6 Å². The van der Waals surface area contributed by atoms with Gasteiger partial charge in [0.1, 0.15) is 11.5 Å². The number of methoxy groups -OCH3 is 1. The van der Waals surface area contributed by atoms with Gasteiger partial charge in [0.15, 0.2) is 0 Å².